The number of benzene rings is 1. The molecule has 2 heterocycles. The van der Waals surface area contributed by atoms with Crippen molar-refractivity contribution in [2.45, 2.75) is 6.42 Å². The minimum Gasteiger partial charge on any atom is -0.385 e. The average molecular weight is 305 g/mol. The molecule has 0 bridgehead atoms. The molecular formula is C15H15NO2S2. The van der Waals surface area contributed by atoms with Crippen molar-refractivity contribution in [3.8, 4) is 0 Å². The Bertz CT molecular complexity index is 745. The van der Waals surface area contributed by atoms with Crippen LogP contribution in [0.15, 0.2) is 30.3 Å². The van der Waals surface area contributed by atoms with Gasteiger partial charge in [0.25, 0.3) is 5.91 Å². The fraction of sp³-hybridized carbons (Fsp3) is 0.267. The Hall–Kier alpha value is -1.43. The van der Waals surface area contributed by atoms with Crippen molar-refractivity contribution in [2.75, 3.05) is 20.3 Å². The lowest BCUT2D eigenvalue weighted by Crippen LogP contribution is -2.24. The van der Waals surface area contributed by atoms with Gasteiger partial charge in [-0.3, -0.25) is 4.79 Å². The quantitative estimate of drug-likeness (QED) is 0.726. The molecule has 0 saturated heterocycles. The molecule has 0 atom stereocenters. The Kier molecular flexibility index (Phi) is 4.00. The summed E-state index contributed by atoms with van der Waals surface area (Å²) in [5.74, 6) is 0.0126. The van der Waals surface area contributed by atoms with Gasteiger partial charge in [0.05, 0.1) is 9.58 Å². The standard InChI is InChI=1S/C15H15NO2S2/c1-18-8-4-7-16-15(17)13-9-12-14(20-13)10-5-2-3-6-11(10)19-12/h2-3,5-6,9H,4,7-8H2,1H3,(H,16,17). The van der Waals surface area contributed by atoms with Crippen molar-refractivity contribution in [2.24, 2.45) is 0 Å². The Morgan fingerprint density at radius 1 is 1.25 bits per heavy atom. The fourth-order valence-corrected chi connectivity index (χ4v) is 4.56. The van der Waals surface area contributed by atoms with Crippen molar-refractivity contribution in [3.05, 3.63) is 35.2 Å². The summed E-state index contributed by atoms with van der Waals surface area (Å²) < 4.78 is 8.65. The number of methoxy groups -OCH3 is 1. The van der Waals surface area contributed by atoms with E-state index in [9.17, 15) is 4.79 Å². The topological polar surface area (TPSA) is 38.3 Å². The van der Waals surface area contributed by atoms with Crippen LogP contribution in [-0.4, -0.2) is 26.2 Å². The minimum atomic E-state index is 0.0126. The number of fused-ring (bicyclic) bond motifs is 3. The lowest BCUT2D eigenvalue weighted by molar-refractivity contribution is 0.0952. The lowest BCUT2D eigenvalue weighted by atomic mass is 10.2. The maximum absolute atomic E-state index is 12.1. The van der Waals surface area contributed by atoms with Crippen LogP contribution in [0, 0.1) is 0 Å². The number of ether oxygens (including phenoxy) is 1. The van der Waals surface area contributed by atoms with E-state index in [1.54, 1.807) is 29.8 Å². The molecule has 0 aliphatic heterocycles. The molecule has 104 valence electrons. The molecule has 0 radical (unpaired) electrons. The van der Waals surface area contributed by atoms with Gasteiger partial charge in [-0.05, 0) is 18.6 Å². The number of nitrogens with one attached hydrogen (secondary N) is 1. The molecule has 0 saturated carbocycles. The van der Waals surface area contributed by atoms with E-state index in [1.807, 2.05) is 18.2 Å². The third-order valence-electron chi connectivity index (χ3n) is 3.08. The van der Waals surface area contributed by atoms with Crippen molar-refractivity contribution in [1.82, 2.24) is 5.32 Å². The van der Waals surface area contributed by atoms with E-state index >= 15 is 0 Å². The second kappa shape index (κ2) is 5.91. The zero-order valence-electron chi connectivity index (χ0n) is 11.1. The molecule has 1 aromatic carbocycles. The molecule has 0 fully saturated rings. The molecule has 0 aliphatic carbocycles. The van der Waals surface area contributed by atoms with E-state index in [0.29, 0.717) is 13.2 Å². The first-order valence-electron chi connectivity index (χ1n) is 6.48. The zero-order chi connectivity index (χ0) is 13.9. The van der Waals surface area contributed by atoms with Gasteiger partial charge in [0.2, 0.25) is 0 Å². The van der Waals surface area contributed by atoms with Crippen molar-refractivity contribution in [3.63, 3.8) is 0 Å². The van der Waals surface area contributed by atoms with Crippen LogP contribution in [0.5, 0.6) is 0 Å². The van der Waals surface area contributed by atoms with Gasteiger partial charge in [-0.25, -0.2) is 0 Å². The number of carbonyl (C=O) groups excluding carboxylic acids is 1. The van der Waals surface area contributed by atoms with Gasteiger partial charge in [-0.1, -0.05) is 18.2 Å². The highest BCUT2D eigenvalue weighted by molar-refractivity contribution is 7.33. The number of amides is 1. The van der Waals surface area contributed by atoms with Crippen molar-refractivity contribution in [1.29, 1.82) is 0 Å². The van der Waals surface area contributed by atoms with Gasteiger partial charge in [0.15, 0.2) is 0 Å². The molecule has 0 spiro atoms. The van der Waals surface area contributed by atoms with E-state index in [2.05, 4.69) is 17.4 Å². The van der Waals surface area contributed by atoms with E-state index in [4.69, 9.17) is 4.74 Å². The summed E-state index contributed by atoms with van der Waals surface area (Å²) in [6, 6.07) is 10.3. The normalized spacial score (nSPS) is 11.2. The van der Waals surface area contributed by atoms with E-state index < -0.39 is 0 Å². The summed E-state index contributed by atoms with van der Waals surface area (Å²) in [5.41, 5.74) is 0. The van der Waals surface area contributed by atoms with Crippen molar-refractivity contribution >= 4 is 48.1 Å². The smallest absolute Gasteiger partial charge is 0.261 e. The molecule has 20 heavy (non-hydrogen) atoms. The largest absolute Gasteiger partial charge is 0.385 e. The lowest BCUT2D eigenvalue weighted by Gasteiger charge is -2.02. The Labute approximate surface area is 125 Å². The second-order valence-electron chi connectivity index (χ2n) is 4.50. The maximum atomic E-state index is 12.1. The Balaban J connectivity index is 1.80. The fourth-order valence-electron chi connectivity index (χ4n) is 2.12. The van der Waals surface area contributed by atoms with Gasteiger partial charge in [-0.15, -0.1) is 22.7 Å². The predicted molar refractivity (Wildman–Crippen MR) is 86.0 cm³/mol. The number of hydrogen-bond donors (Lipinski definition) is 1. The molecule has 1 amide bonds. The summed E-state index contributed by atoms with van der Waals surface area (Å²) >= 11 is 3.31. The minimum absolute atomic E-state index is 0.0126. The molecule has 0 aliphatic rings. The number of rotatable bonds is 5. The van der Waals surface area contributed by atoms with Crippen LogP contribution in [0.25, 0.3) is 19.5 Å². The van der Waals surface area contributed by atoms with Gasteiger partial charge >= 0.3 is 0 Å². The van der Waals surface area contributed by atoms with E-state index in [0.717, 1.165) is 11.3 Å². The molecule has 3 rings (SSSR count). The first-order chi connectivity index (χ1) is 9.79. The molecule has 3 nitrogen and oxygen atoms in total. The second-order valence-corrected chi connectivity index (χ2v) is 6.64. The Morgan fingerprint density at radius 2 is 2.10 bits per heavy atom. The van der Waals surface area contributed by atoms with Gasteiger partial charge in [-0.2, -0.15) is 0 Å². The number of hydrogen-bond acceptors (Lipinski definition) is 4. The monoisotopic (exact) mass is 305 g/mol. The summed E-state index contributed by atoms with van der Waals surface area (Å²) in [4.78, 5) is 12.9. The first kappa shape index (κ1) is 13.5. The van der Waals surface area contributed by atoms with Crippen LogP contribution in [0.3, 0.4) is 0 Å². The van der Waals surface area contributed by atoms with Gasteiger partial charge < -0.3 is 10.1 Å². The third kappa shape index (κ3) is 2.57. The average Bonchev–Trinajstić information content (AvgIpc) is 3.01. The number of carbonyl (C=O) groups is 1. The highest BCUT2D eigenvalue weighted by Gasteiger charge is 2.13. The van der Waals surface area contributed by atoms with Gasteiger partial charge in [0.1, 0.15) is 0 Å². The van der Waals surface area contributed by atoms with Crippen LogP contribution >= 0.6 is 22.7 Å². The highest BCUT2D eigenvalue weighted by Crippen LogP contribution is 2.39. The summed E-state index contributed by atoms with van der Waals surface area (Å²) in [6.45, 7) is 1.32. The van der Waals surface area contributed by atoms with E-state index in [-0.39, 0.29) is 5.91 Å². The summed E-state index contributed by atoms with van der Waals surface area (Å²) in [5, 5.41) is 4.17. The predicted octanol–water partition coefficient (Wildman–Crippen LogP) is 3.88. The Morgan fingerprint density at radius 3 is 2.95 bits per heavy atom. The maximum Gasteiger partial charge on any atom is 0.261 e. The molecular weight excluding hydrogens is 290 g/mol. The van der Waals surface area contributed by atoms with Crippen LogP contribution in [0.1, 0.15) is 16.1 Å². The zero-order valence-corrected chi connectivity index (χ0v) is 12.8. The van der Waals surface area contributed by atoms with E-state index in [1.165, 1.54) is 19.5 Å². The van der Waals surface area contributed by atoms with Gasteiger partial charge in [0, 0.05) is 35.0 Å². The van der Waals surface area contributed by atoms with Crippen LogP contribution in [0.2, 0.25) is 0 Å². The summed E-state index contributed by atoms with van der Waals surface area (Å²) in [7, 11) is 1.67. The molecule has 1 N–H and O–H groups in total. The molecule has 0 unspecified atom stereocenters. The summed E-state index contributed by atoms with van der Waals surface area (Å²) in [6.07, 6.45) is 0.838. The molecule has 5 heteroatoms. The van der Waals surface area contributed by atoms with Crippen LogP contribution in [0.4, 0.5) is 0 Å². The first-order valence-corrected chi connectivity index (χ1v) is 8.11. The highest BCUT2D eigenvalue weighted by atomic mass is 32.1. The van der Waals surface area contributed by atoms with Crippen LogP contribution in [-0.2, 0) is 4.74 Å². The molecule has 2 aromatic heterocycles. The number of thiophene rings is 2. The third-order valence-corrected chi connectivity index (χ3v) is 5.50. The van der Waals surface area contributed by atoms with Crippen molar-refractivity contribution < 1.29 is 9.53 Å². The SMILES string of the molecule is COCCCNC(=O)c1cc2sc3ccccc3c2s1. The van der Waals surface area contributed by atoms with Crippen LogP contribution < -0.4 is 5.32 Å². The molecule has 3 aromatic rings.